The third-order valence-electron chi connectivity index (χ3n) is 3.94. The van der Waals surface area contributed by atoms with E-state index in [1.807, 2.05) is 4.57 Å². The van der Waals surface area contributed by atoms with Gasteiger partial charge in [0.2, 0.25) is 0 Å². The van der Waals surface area contributed by atoms with Crippen LogP contribution in [-0.4, -0.2) is 22.8 Å². The minimum absolute atomic E-state index is 0.237. The molecule has 1 heterocycles. The quantitative estimate of drug-likeness (QED) is 0.832. The predicted octanol–water partition coefficient (Wildman–Crippen LogP) is 3.44. The summed E-state index contributed by atoms with van der Waals surface area (Å²) in [6.45, 7) is 0. The molecule has 102 valence electrons. The van der Waals surface area contributed by atoms with Crippen LogP contribution in [0.5, 0.6) is 0 Å². The van der Waals surface area contributed by atoms with Crippen molar-refractivity contribution < 1.29 is 13.5 Å². The molecule has 0 N–H and O–H groups in total. The smallest absolute Gasteiger partial charge is 0.161 e. The van der Waals surface area contributed by atoms with Crippen LogP contribution in [0.2, 0.25) is 0 Å². The molecule has 0 aliphatic heterocycles. The summed E-state index contributed by atoms with van der Waals surface area (Å²) in [4.78, 5) is 4.16. The van der Waals surface area contributed by atoms with Crippen molar-refractivity contribution in [1.29, 1.82) is 0 Å². The molecule has 3 rings (SSSR count). The van der Waals surface area contributed by atoms with Crippen molar-refractivity contribution in [2.75, 3.05) is 7.11 Å². The maximum absolute atomic E-state index is 13.4. The van der Waals surface area contributed by atoms with E-state index < -0.39 is 11.6 Å². The van der Waals surface area contributed by atoms with Crippen LogP contribution in [0.15, 0.2) is 18.5 Å². The largest absolute Gasteiger partial charge is 0.381 e. The first-order valence-corrected chi connectivity index (χ1v) is 6.53. The number of rotatable bonds is 2. The molecular weight excluding hydrogens is 250 g/mol. The number of ether oxygens (including phenoxy) is 1. The first-order chi connectivity index (χ1) is 9.19. The van der Waals surface area contributed by atoms with Crippen LogP contribution in [0.3, 0.4) is 0 Å². The van der Waals surface area contributed by atoms with Gasteiger partial charge in [0, 0.05) is 25.3 Å². The summed E-state index contributed by atoms with van der Waals surface area (Å²) in [6.07, 6.45) is 5.95. The van der Waals surface area contributed by atoms with Gasteiger partial charge in [-0.3, -0.25) is 0 Å². The number of aromatic nitrogens is 2. The number of fused-ring (bicyclic) bond motifs is 1. The lowest BCUT2D eigenvalue weighted by Gasteiger charge is -2.29. The molecule has 0 saturated heterocycles. The number of nitrogens with zero attached hydrogens (tertiary/aromatic N) is 2. The van der Waals surface area contributed by atoms with Crippen LogP contribution < -0.4 is 0 Å². The third kappa shape index (κ3) is 2.23. The number of benzene rings is 1. The Morgan fingerprint density at radius 2 is 2.05 bits per heavy atom. The monoisotopic (exact) mass is 266 g/mol. The highest BCUT2D eigenvalue weighted by Gasteiger charge is 2.24. The Balaban J connectivity index is 1.98. The molecular formula is C14H16F2N2O. The zero-order chi connectivity index (χ0) is 13.4. The van der Waals surface area contributed by atoms with Crippen LogP contribution in [0.25, 0.3) is 11.0 Å². The minimum Gasteiger partial charge on any atom is -0.381 e. The van der Waals surface area contributed by atoms with Crippen molar-refractivity contribution in [2.24, 2.45) is 0 Å². The topological polar surface area (TPSA) is 27.1 Å². The van der Waals surface area contributed by atoms with E-state index in [1.165, 1.54) is 6.07 Å². The van der Waals surface area contributed by atoms with Gasteiger partial charge in [0.25, 0.3) is 0 Å². The molecule has 2 unspecified atom stereocenters. The Hall–Kier alpha value is -1.49. The highest BCUT2D eigenvalue weighted by molar-refractivity contribution is 5.75. The van der Waals surface area contributed by atoms with E-state index in [0.29, 0.717) is 11.0 Å². The van der Waals surface area contributed by atoms with Gasteiger partial charge in [-0.2, -0.15) is 0 Å². The van der Waals surface area contributed by atoms with E-state index in [-0.39, 0.29) is 12.1 Å². The van der Waals surface area contributed by atoms with E-state index in [1.54, 1.807) is 13.4 Å². The molecule has 0 amide bonds. The average molecular weight is 266 g/mol. The SMILES string of the molecule is COC1CCCC(n2cnc3cc(F)c(F)cc32)C1. The van der Waals surface area contributed by atoms with Crippen LogP contribution in [0.1, 0.15) is 31.7 Å². The molecule has 1 aliphatic rings. The zero-order valence-electron chi connectivity index (χ0n) is 10.8. The Bertz CT molecular complexity index is 596. The van der Waals surface area contributed by atoms with E-state index >= 15 is 0 Å². The molecule has 1 aromatic heterocycles. The predicted molar refractivity (Wildman–Crippen MR) is 68.0 cm³/mol. The number of methoxy groups -OCH3 is 1. The number of hydrogen-bond donors (Lipinski definition) is 0. The van der Waals surface area contributed by atoms with Crippen molar-refractivity contribution in [3.8, 4) is 0 Å². The second-order valence-electron chi connectivity index (χ2n) is 5.09. The van der Waals surface area contributed by atoms with Gasteiger partial charge < -0.3 is 9.30 Å². The molecule has 2 atom stereocenters. The normalized spacial score (nSPS) is 23.9. The number of halogens is 2. The second-order valence-corrected chi connectivity index (χ2v) is 5.09. The molecule has 0 bridgehead atoms. The Morgan fingerprint density at radius 1 is 1.26 bits per heavy atom. The molecule has 3 nitrogen and oxygen atoms in total. The molecule has 1 aromatic carbocycles. The van der Waals surface area contributed by atoms with Crippen molar-refractivity contribution in [3.05, 3.63) is 30.1 Å². The fourth-order valence-electron chi connectivity index (χ4n) is 2.90. The maximum atomic E-state index is 13.4. The van der Waals surface area contributed by atoms with E-state index in [2.05, 4.69) is 4.98 Å². The van der Waals surface area contributed by atoms with E-state index in [4.69, 9.17) is 4.74 Å². The first-order valence-electron chi connectivity index (χ1n) is 6.53. The summed E-state index contributed by atoms with van der Waals surface area (Å²) in [5.41, 5.74) is 1.15. The summed E-state index contributed by atoms with van der Waals surface area (Å²) in [5, 5.41) is 0. The molecule has 2 aromatic rings. The molecule has 1 aliphatic carbocycles. The molecule has 1 fully saturated rings. The van der Waals surface area contributed by atoms with Crippen LogP contribution in [-0.2, 0) is 4.74 Å². The lowest BCUT2D eigenvalue weighted by atomic mass is 9.92. The number of hydrogen-bond acceptors (Lipinski definition) is 2. The molecule has 0 spiro atoms. The molecule has 1 saturated carbocycles. The van der Waals surface area contributed by atoms with Gasteiger partial charge in [-0.05, 0) is 25.7 Å². The van der Waals surface area contributed by atoms with Gasteiger partial charge in [0.15, 0.2) is 11.6 Å². The van der Waals surface area contributed by atoms with Gasteiger partial charge in [0.05, 0.1) is 23.5 Å². The maximum Gasteiger partial charge on any atom is 0.161 e. The Kier molecular flexibility index (Phi) is 3.22. The fraction of sp³-hybridized carbons (Fsp3) is 0.500. The van der Waals surface area contributed by atoms with Crippen molar-refractivity contribution in [1.82, 2.24) is 9.55 Å². The summed E-state index contributed by atoms with van der Waals surface area (Å²) >= 11 is 0. The molecule has 5 heteroatoms. The summed E-state index contributed by atoms with van der Waals surface area (Å²) in [6, 6.07) is 2.62. The van der Waals surface area contributed by atoms with Crippen LogP contribution in [0, 0.1) is 11.6 Å². The minimum atomic E-state index is -0.851. The van der Waals surface area contributed by atoms with E-state index in [0.717, 1.165) is 31.7 Å². The lowest BCUT2D eigenvalue weighted by Crippen LogP contribution is -2.23. The van der Waals surface area contributed by atoms with Crippen molar-refractivity contribution >= 4 is 11.0 Å². The zero-order valence-corrected chi connectivity index (χ0v) is 10.8. The molecule has 0 radical (unpaired) electrons. The van der Waals surface area contributed by atoms with Gasteiger partial charge in [-0.25, -0.2) is 13.8 Å². The Labute approximate surface area is 110 Å². The van der Waals surface area contributed by atoms with Crippen LogP contribution in [0.4, 0.5) is 8.78 Å². The van der Waals surface area contributed by atoms with Crippen molar-refractivity contribution in [3.63, 3.8) is 0 Å². The Morgan fingerprint density at radius 3 is 2.84 bits per heavy atom. The van der Waals surface area contributed by atoms with E-state index in [9.17, 15) is 8.78 Å². The fourth-order valence-corrected chi connectivity index (χ4v) is 2.90. The van der Waals surface area contributed by atoms with Gasteiger partial charge in [-0.15, -0.1) is 0 Å². The van der Waals surface area contributed by atoms with Gasteiger partial charge in [0.1, 0.15) is 0 Å². The summed E-state index contributed by atoms with van der Waals surface area (Å²) in [7, 11) is 1.72. The average Bonchev–Trinajstić information content (AvgIpc) is 2.82. The van der Waals surface area contributed by atoms with Crippen molar-refractivity contribution in [2.45, 2.75) is 37.8 Å². The third-order valence-corrected chi connectivity index (χ3v) is 3.94. The first kappa shape index (κ1) is 12.5. The molecule has 19 heavy (non-hydrogen) atoms. The highest BCUT2D eigenvalue weighted by atomic mass is 19.2. The standard InChI is InChI=1S/C14H16F2N2O/c1-19-10-4-2-3-9(5-10)18-8-17-13-6-11(15)12(16)7-14(13)18/h6-10H,2-5H2,1H3. The second kappa shape index (κ2) is 4.89. The number of imidazole rings is 1. The summed E-state index contributed by atoms with van der Waals surface area (Å²) in [5.74, 6) is -1.68. The van der Waals surface area contributed by atoms with Gasteiger partial charge in [-0.1, -0.05) is 0 Å². The van der Waals surface area contributed by atoms with Crippen LogP contribution >= 0.6 is 0 Å². The highest BCUT2D eigenvalue weighted by Crippen LogP contribution is 2.32. The summed E-state index contributed by atoms with van der Waals surface area (Å²) < 4.78 is 33.9. The lowest BCUT2D eigenvalue weighted by molar-refractivity contribution is 0.0537. The van der Waals surface area contributed by atoms with Gasteiger partial charge >= 0.3 is 0 Å².